The molecule has 0 aliphatic heterocycles. The number of thiazole rings is 1. The SMILES string of the molecule is CC1CCc2c(C(=O)Nc3ncc(Cc4c(Cl)cccc4Cl)s3)csc2C1. The van der Waals surface area contributed by atoms with Gasteiger partial charge in [0.15, 0.2) is 5.13 Å². The zero-order chi connectivity index (χ0) is 19.0. The number of anilines is 1. The summed E-state index contributed by atoms with van der Waals surface area (Å²) in [7, 11) is 0. The number of carbonyl (C=O) groups excluding carboxylic acids is 1. The maximum atomic E-state index is 12.7. The van der Waals surface area contributed by atoms with Gasteiger partial charge in [-0.15, -0.1) is 22.7 Å². The highest BCUT2D eigenvalue weighted by atomic mass is 35.5. The third-order valence-electron chi connectivity index (χ3n) is 4.83. The van der Waals surface area contributed by atoms with E-state index in [-0.39, 0.29) is 5.91 Å². The molecule has 0 spiro atoms. The predicted molar refractivity (Wildman–Crippen MR) is 115 cm³/mol. The molecule has 0 radical (unpaired) electrons. The number of hydrogen-bond donors (Lipinski definition) is 1. The molecule has 7 heteroatoms. The molecule has 1 aliphatic carbocycles. The molecule has 0 fully saturated rings. The molecule has 3 nitrogen and oxygen atoms in total. The molecule has 0 saturated heterocycles. The molecule has 1 atom stereocenters. The van der Waals surface area contributed by atoms with Crippen molar-refractivity contribution in [3.8, 4) is 0 Å². The van der Waals surface area contributed by atoms with Crippen LogP contribution in [-0.2, 0) is 19.3 Å². The smallest absolute Gasteiger partial charge is 0.258 e. The summed E-state index contributed by atoms with van der Waals surface area (Å²) in [6.45, 7) is 2.27. The average molecular weight is 437 g/mol. The van der Waals surface area contributed by atoms with Gasteiger partial charge in [-0.25, -0.2) is 4.98 Å². The number of benzene rings is 1. The number of rotatable bonds is 4. The molecule has 1 aromatic carbocycles. The molecule has 3 aromatic rings. The van der Waals surface area contributed by atoms with Gasteiger partial charge in [0.25, 0.3) is 5.91 Å². The molecule has 1 unspecified atom stereocenters. The highest BCUT2D eigenvalue weighted by molar-refractivity contribution is 7.15. The van der Waals surface area contributed by atoms with Crippen molar-refractivity contribution < 1.29 is 4.79 Å². The Morgan fingerprint density at radius 1 is 1.33 bits per heavy atom. The van der Waals surface area contributed by atoms with Crippen LogP contribution in [0.25, 0.3) is 0 Å². The Morgan fingerprint density at radius 2 is 2.11 bits per heavy atom. The van der Waals surface area contributed by atoms with Crippen molar-refractivity contribution in [3.63, 3.8) is 0 Å². The monoisotopic (exact) mass is 436 g/mol. The van der Waals surface area contributed by atoms with Gasteiger partial charge < -0.3 is 0 Å². The highest BCUT2D eigenvalue weighted by Gasteiger charge is 2.23. The van der Waals surface area contributed by atoms with Gasteiger partial charge in [0.05, 0.1) is 5.56 Å². The van der Waals surface area contributed by atoms with E-state index in [1.807, 2.05) is 23.6 Å². The Kier molecular flexibility index (Phi) is 5.55. The number of thiophene rings is 1. The number of amides is 1. The fraction of sp³-hybridized carbons (Fsp3) is 0.300. The van der Waals surface area contributed by atoms with E-state index in [2.05, 4.69) is 17.2 Å². The second kappa shape index (κ2) is 7.92. The quantitative estimate of drug-likeness (QED) is 0.508. The van der Waals surface area contributed by atoms with Crippen LogP contribution in [0.2, 0.25) is 10.0 Å². The van der Waals surface area contributed by atoms with Crippen molar-refractivity contribution in [2.45, 2.75) is 32.6 Å². The lowest BCUT2D eigenvalue weighted by Crippen LogP contribution is -2.16. The van der Waals surface area contributed by atoms with Crippen molar-refractivity contribution in [3.05, 3.63) is 66.3 Å². The standard InChI is InChI=1S/C20H18Cl2N2OS2/c1-11-5-6-13-15(10-26-18(13)7-11)19(25)24-20-23-9-12(27-20)8-14-16(21)3-2-4-17(14)22/h2-4,9-11H,5-8H2,1H3,(H,23,24,25). The topological polar surface area (TPSA) is 42.0 Å². The molecule has 0 saturated carbocycles. The Bertz CT molecular complexity index is 976. The fourth-order valence-corrected chi connectivity index (χ4v) is 5.95. The van der Waals surface area contributed by atoms with E-state index in [0.29, 0.717) is 27.5 Å². The highest BCUT2D eigenvalue weighted by Crippen LogP contribution is 2.34. The first-order valence-corrected chi connectivity index (χ1v) is 11.2. The van der Waals surface area contributed by atoms with Gasteiger partial charge in [0.1, 0.15) is 0 Å². The summed E-state index contributed by atoms with van der Waals surface area (Å²) in [6, 6.07) is 5.48. The van der Waals surface area contributed by atoms with Crippen molar-refractivity contribution >= 4 is 56.9 Å². The van der Waals surface area contributed by atoms with E-state index in [1.54, 1.807) is 17.5 Å². The molecule has 2 heterocycles. The summed E-state index contributed by atoms with van der Waals surface area (Å²) in [5.41, 5.74) is 2.89. The Balaban J connectivity index is 1.48. The number of nitrogens with zero attached hydrogens (tertiary/aromatic N) is 1. The van der Waals surface area contributed by atoms with Gasteiger partial charge in [0.2, 0.25) is 0 Å². The van der Waals surface area contributed by atoms with Crippen molar-refractivity contribution in [2.75, 3.05) is 5.32 Å². The summed E-state index contributed by atoms with van der Waals surface area (Å²) in [5.74, 6) is 0.629. The molecule has 1 N–H and O–H groups in total. The number of fused-ring (bicyclic) bond motifs is 1. The third kappa shape index (κ3) is 4.06. The lowest BCUT2D eigenvalue weighted by molar-refractivity contribution is 0.102. The van der Waals surface area contributed by atoms with Gasteiger partial charge >= 0.3 is 0 Å². The summed E-state index contributed by atoms with van der Waals surface area (Å²) in [4.78, 5) is 19.4. The number of aromatic nitrogens is 1. The van der Waals surface area contributed by atoms with E-state index in [9.17, 15) is 4.79 Å². The maximum absolute atomic E-state index is 12.7. The molecule has 2 aromatic heterocycles. The molecule has 27 heavy (non-hydrogen) atoms. The normalized spacial score (nSPS) is 16.2. The minimum Gasteiger partial charge on any atom is -0.298 e. The summed E-state index contributed by atoms with van der Waals surface area (Å²) >= 11 is 15.6. The van der Waals surface area contributed by atoms with Crippen LogP contribution in [0.4, 0.5) is 5.13 Å². The van der Waals surface area contributed by atoms with E-state index in [1.165, 1.54) is 21.8 Å². The van der Waals surface area contributed by atoms with Gasteiger partial charge in [-0.3, -0.25) is 10.1 Å². The van der Waals surface area contributed by atoms with Crippen molar-refractivity contribution in [1.82, 2.24) is 4.98 Å². The molecule has 4 rings (SSSR count). The van der Waals surface area contributed by atoms with Gasteiger partial charge in [0, 0.05) is 37.8 Å². The van der Waals surface area contributed by atoms with E-state index in [4.69, 9.17) is 23.2 Å². The minimum absolute atomic E-state index is 0.0706. The molecule has 1 amide bonds. The maximum Gasteiger partial charge on any atom is 0.258 e. The minimum atomic E-state index is -0.0706. The van der Waals surface area contributed by atoms with Crippen LogP contribution in [0.5, 0.6) is 0 Å². The summed E-state index contributed by atoms with van der Waals surface area (Å²) < 4.78 is 0. The lowest BCUT2D eigenvalue weighted by atomic mass is 9.88. The van der Waals surface area contributed by atoms with Crippen LogP contribution < -0.4 is 5.32 Å². The zero-order valence-corrected chi connectivity index (χ0v) is 17.9. The van der Waals surface area contributed by atoms with Crippen LogP contribution >= 0.6 is 45.9 Å². The second-order valence-electron chi connectivity index (χ2n) is 6.86. The van der Waals surface area contributed by atoms with Gasteiger partial charge in [-0.2, -0.15) is 0 Å². The summed E-state index contributed by atoms with van der Waals surface area (Å²) in [5, 5.41) is 6.81. The van der Waals surface area contributed by atoms with E-state index < -0.39 is 0 Å². The van der Waals surface area contributed by atoms with Crippen LogP contribution in [-0.4, -0.2) is 10.9 Å². The first-order valence-electron chi connectivity index (χ1n) is 8.79. The largest absolute Gasteiger partial charge is 0.298 e. The number of nitrogens with one attached hydrogen (secondary N) is 1. The molecule has 0 bridgehead atoms. The van der Waals surface area contributed by atoms with Gasteiger partial charge in [-0.05, 0) is 48.4 Å². The third-order valence-corrected chi connectivity index (χ3v) is 7.51. The van der Waals surface area contributed by atoms with E-state index >= 15 is 0 Å². The first-order chi connectivity index (χ1) is 13.0. The zero-order valence-electron chi connectivity index (χ0n) is 14.7. The predicted octanol–water partition coefficient (Wildman–Crippen LogP) is 6.48. The molecule has 1 aliphatic rings. The fourth-order valence-electron chi connectivity index (χ4n) is 3.35. The van der Waals surface area contributed by atoms with Crippen LogP contribution in [0.1, 0.15) is 44.6 Å². The Morgan fingerprint density at radius 3 is 2.89 bits per heavy atom. The summed E-state index contributed by atoms with van der Waals surface area (Å²) in [6.07, 6.45) is 5.57. The first kappa shape index (κ1) is 18.9. The number of hydrogen-bond acceptors (Lipinski definition) is 4. The second-order valence-corrected chi connectivity index (χ2v) is 9.76. The van der Waals surface area contributed by atoms with Crippen molar-refractivity contribution in [1.29, 1.82) is 0 Å². The van der Waals surface area contributed by atoms with Crippen molar-refractivity contribution in [2.24, 2.45) is 5.92 Å². The number of carbonyl (C=O) groups is 1. The van der Waals surface area contributed by atoms with E-state index in [0.717, 1.165) is 35.3 Å². The Hall–Kier alpha value is -1.40. The lowest BCUT2D eigenvalue weighted by Gasteiger charge is -2.18. The van der Waals surface area contributed by atoms with Crippen LogP contribution in [0, 0.1) is 5.92 Å². The number of halogens is 2. The van der Waals surface area contributed by atoms with Crippen LogP contribution in [0.3, 0.4) is 0 Å². The van der Waals surface area contributed by atoms with Crippen LogP contribution in [0.15, 0.2) is 29.8 Å². The molecular weight excluding hydrogens is 419 g/mol. The molecular formula is C20H18Cl2N2OS2. The van der Waals surface area contributed by atoms with Gasteiger partial charge in [-0.1, -0.05) is 36.2 Å². The molecule has 140 valence electrons. The Labute approximate surface area is 176 Å². The average Bonchev–Trinajstić information content (AvgIpc) is 3.24.